The first-order chi connectivity index (χ1) is 8.66. The third-order valence-corrected chi connectivity index (χ3v) is 3.03. The van der Waals surface area contributed by atoms with Crippen LogP contribution >= 0.6 is 0 Å². The number of aromatic nitrogens is 1. The van der Waals surface area contributed by atoms with Gasteiger partial charge in [-0.1, -0.05) is 0 Å². The quantitative estimate of drug-likeness (QED) is 0.727. The summed E-state index contributed by atoms with van der Waals surface area (Å²) in [5.74, 6) is 0.111. The molecule has 0 aromatic carbocycles. The van der Waals surface area contributed by atoms with E-state index in [1.807, 2.05) is 0 Å². The molecule has 2 heterocycles. The molecule has 18 heavy (non-hydrogen) atoms. The van der Waals surface area contributed by atoms with Gasteiger partial charge in [0.05, 0.1) is 11.3 Å². The van der Waals surface area contributed by atoms with E-state index in [9.17, 15) is 4.79 Å². The average molecular weight is 251 g/mol. The normalized spacial score (nSPS) is 18.8. The van der Waals surface area contributed by atoms with Crippen molar-refractivity contribution in [1.82, 2.24) is 4.98 Å². The highest BCUT2D eigenvalue weighted by Gasteiger charge is 2.15. The molecule has 1 atom stereocenters. The van der Waals surface area contributed by atoms with Gasteiger partial charge in [-0.3, -0.25) is 0 Å². The molecule has 1 aliphatic rings. The third kappa shape index (κ3) is 3.10. The number of anilines is 2. The van der Waals surface area contributed by atoms with Crippen molar-refractivity contribution in [3.8, 4) is 0 Å². The van der Waals surface area contributed by atoms with Crippen molar-refractivity contribution < 1.29 is 14.6 Å². The summed E-state index contributed by atoms with van der Waals surface area (Å²) in [5, 5.41) is 11.9. The van der Waals surface area contributed by atoms with Crippen molar-refractivity contribution in [3.63, 3.8) is 0 Å². The molecular formula is C12H17N3O3. The van der Waals surface area contributed by atoms with Crippen molar-refractivity contribution in [1.29, 1.82) is 0 Å². The summed E-state index contributed by atoms with van der Waals surface area (Å²) in [6.07, 6.45) is 3.41. The predicted molar refractivity (Wildman–Crippen MR) is 67.6 cm³/mol. The van der Waals surface area contributed by atoms with Crippen molar-refractivity contribution in [3.05, 3.63) is 17.8 Å². The lowest BCUT2D eigenvalue weighted by Crippen LogP contribution is -2.12. The molecule has 1 aromatic rings. The molecule has 2 rings (SSSR count). The molecule has 0 amide bonds. The molecule has 4 N–H and O–H groups in total. The Hall–Kier alpha value is -1.82. The molecule has 0 bridgehead atoms. The monoisotopic (exact) mass is 251 g/mol. The van der Waals surface area contributed by atoms with Gasteiger partial charge in [-0.2, -0.15) is 0 Å². The number of nitrogens with zero attached hydrogens (tertiary/aromatic N) is 1. The Bertz CT molecular complexity index is 431. The number of pyridine rings is 1. The molecule has 0 saturated carbocycles. The van der Waals surface area contributed by atoms with Crippen molar-refractivity contribution in [2.45, 2.75) is 12.8 Å². The minimum absolute atomic E-state index is 0.0993. The first-order valence-corrected chi connectivity index (χ1v) is 5.97. The summed E-state index contributed by atoms with van der Waals surface area (Å²) in [6, 6.07) is 1.41. The zero-order chi connectivity index (χ0) is 13.0. The summed E-state index contributed by atoms with van der Waals surface area (Å²) in [4.78, 5) is 14.7. The van der Waals surface area contributed by atoms with Gasteiger partial charge in [-0.05, 0) is 24.8 Å². The molecule has 1 fully saturated rings. The highest BCUT2D eigenvalue weighted by molar-refractivity contribution is 5.89. The maximum atomic E-state index is 10.7. The predicted octanol–water partition coefficient (Wildman–Crippen LogP) is 1.20. The van der Waals surface area contributed by atoms with Crippen LogP contribution in [0, 0.1) is 5.92 Å². The molecule has 1 unspecified atom stereocenters. The number of aromatic carboxylic acids is 1. The van der Waals surface area contributed by atoms with Gasteiger partial charge in [0.25, 0.3) is 0 Å². The zero-order valence-corrected chi connectivity index (χ0v) is 10.1. The summed E-state index contributed by atoms with van der Waals surface area (Å²) in [5.41, 5.74) is 6.20. The molecule has 1 saturated heterocycles. The SMILES string of the molecule is Nc1cc(C(=O)O)cnc1NCCC1CCOC1. The molecule has 6 nitrogen and oxygen atoms in total. The van der Waals surface area contributed by atoms with Gasteiger partial charge < -0.3 is 20.9 Å². The van der Waals surface area contributed by atoms with E-state index in [0.29, 0.717) is 17.4 Å². The molecule has 0 aliphatic carbocycles. The third-order valence-electron chi connectivity index (χ3n) is 3.03. The van der Waals surface area contributed by atoms with Gasteiger partial charge in [0.2, 0.25) is 0 Å². The first kappa shape index (κ1) is 12.6. The van der Waals surface area contributed by atoms with E-state index in [1.54, 1.807) is 0 Å². The number of carboxylic acid groups (broad SMARTS) is 1. The average Bonchev–Trinajstić information content (AvgIpc) is 2.84. The minimum Gasteiger partial charge on any atom is -0.478 e. The Labute approximate surface area is 105 Å². The Morgan fingerprint density at radius 1 is 1.67 bits per heavy atom. The van der Waals surface area contributed by atoms with Crippen LogP contribution in [0.2, 0.25) is 0 Å². The second-order valence-corrected chi connectivity index (χ2v) is 4.41. The standard InChI is InChI=1S/C12H17N3O3/c13-10-5-9(12(16)17)6-15-11(10)14-3-1-8-2-4-18-7-8/h5-6,8H,1-4,7,13H2,(H,14,15)(H,16,17). The summed E-state index contributed by atoms with van der Waals surface area (Å²) < 4.78 is 5.29. The van der Waals surface area contributed by atoms with E-state index in [4.69, 9.17) is 15.6 Å². The zero-order valence-electron chi connectivity index (χ0n) is 10.1. The highest BCUT2D eigenvalue weighted by Crippen LogP contribution is 2.19. The Kier molecular flexibility index (Phi) is 3.99. The van der Waals surface area contributed by atoms with Crippen molar-refractivity contribution in [2.75, 3.05) is 30.8 Å². The van der Waals surface area contributed by atoms with E-state index in [1.165, 1.54) is 12.3 Å². The molecule has 98 valence electrons. The number of nitrogen functional groups attached to an aromatic ring is 1. The Balaban J connectivity index is 1.87. The molecular weight excluding hydrogens is 234 g/mol. The largest absolute Gasteiger partial charge is 0.478 e. The van der Waals surface area contributed by atoms with Gasteiger partial charge in [-0.15, -0.1) is 0 Å². The van der Waals surface area contributed by atoms with E-state index in [0.717, 1.165) is 32.6 Å². The van der Waals surface area contributed by atoms with Crippen LogP contribution in [0.25, 0.3) is 0 Å². The second kappa shape index (κ2) is 5.68. The number of rotatable bonds is 5. The molecule has 0 spiro atoms. The molecule has 1 aliphatic heterocycles. The van der Waals surface area contributed by atoms with Gasteiger partial charge >= 0.3 is 5.97 Å². The fraction of sp³-hybridized carbons (Fsp3) is 0.500. The van der Waals surface area contributed by atoms with E-state index >= 15 is 0 Å². The summed E-state index contributed by atoms with van der Waals surface area (Å²) in [7, 11) is 0. The number of hydrogen-bond donors (Lipinski definition) is 3. The van der Waals surface area contributed by atoms with E-state index in [-0.39, 0.29) is 5.56 Å². The fourth-order valence-corrected chi connectivity index (χ4v) is 1.95. The maximum absolute atomic E-state index is 10.7. The Morgan fingerprint density at radius 2 is 2.50 bits per heavy atom. The fourth-order valence-electron chi connectivity index (χ4n) is 1.95. The van der Waals surface area contributed by atoms with Crippen LogP contribution < -0.4 is 11.1 Å². The van der Waals surface area contributed by atoms with Crippen molar-refractivity contribution >= 4 is 17.5 Å². The number of ether oxygens (including phenoxy) is 1. The van der Waals surface area contributed by atoms with Gasteiger partial charge in [0.15, 0.2) is 0 Å². The van der Waals surface area contributed by atoms with E-state index in [2.05, 4.69) is 10.3 Å². The van der Waals surface area contributed by atoms with Crippen LogP contribution in [0.15, 0.2) is 12.3 Å². The van der Waals surface area contributed by atoms with Crippen LogP contribution in [0.1, 0.15) is 23.2 Å². The lowest BCUT2D eigenvalue weighted by molar-refractivity contribution is 0.0696. The molecule has 1 aromatic heterocycles. The minimum atomic E-state index is -1.02. The van der Waals surface area contributed by atoms with Crippen molar-refractivity contribution in [2.24, 2.45) is 5.92 Å². The van der Waals surface area contributed by atoms with Gasteiger partial charge in [0, 0.05) is 26.0 Å². The number of carbonyl (C=O) groups is 1. The molecule has 0 radical (unpaired) electrons. The van der Waals surface area contributed by atoms with Crippen LogP contribution in [0.4, 0.5) is 11.5 Å². The van der Waals surface area contributed by atoms with Gasteiger partial charge in [-0.25, -0.2) is 9.78 Å². The second-order valence-electron chi connectivity index (χ2n) is 4.41. The summed E-state index contributed by atoms with van der Waals surface area (Å²) >= 11 is 0. The number of nitrogens with one attached hydrogen (secondary N) is 1. The smallest absolute Gasteiger partial charge is 0.337 e. The maximum Gasteiger partial charge on any atom is 0.337 e. The lowest BCUT2D eigenvalue weighted by atomic mass is 10.1. The lowest BCUT2D eigenvalue weighted by Gasteiger charge is -2.11. The topological polar surface area (TPSA) is 97.5 Å². The van der Waals surface area contributed by atoms with Crippen LogP contribution in [-0.2, 0) is 4.74 Å². The van der Waals surface area contributed by atoms with Crippen LogP contribution in [-0.4, -0.2) is 35.8 Å². The van der Waals surface area contributed by atoms with E-state index < -0.39 is 5.97 Å². The van der Waals surface area contributed by atoms with Crippen LogP contribution in [0.5, 0.6) is 0 Å². The Morgan fingerprint density at radius 3 is 3.11 bits per heavy atom. The summed E-state index contributed by atoms with van der Waals surface area (Å²) in [6.45, 7) is 2.43. The first-order valence-electron chi connectivity index (χ1n) is 5.97. The number of nitrogens with two attached hydrogens (primary N) is 1. The number of hydrogen-bond acceptors (Lipinski definition) is 5. The van der Waals surface area contributed by atoms with Gasteiger partial charge in [0.1, 0.15) is 5.82 Å². The van der Waals surface area contributed by atoms with Crippen LogP contribution in [0.3, 0.4) is 0 Å². The number of carboxylic acids is 1. The highest BCUT2D eigenvalue weighted by atomic mass is 16.5. The molecule has 6 heteroatoms.